The van der Waals surface area contributed by atoms with Crippen molar-refractivity contribution < 1.29 is 14.3 Å². The Morgan fingerprint density at radius 3 is 2.62 bits per heavy atom. The summed E-state index contributed by atoms with van der Waals surface area (Å²) >= 11 is 3.00. The van der Waals surface area contributed by atoms with Crippen LogP contribution in [-0.2, 0) is 15.3 Å². The third-order valence-electron chi connectivity index (χ3n) is 3.89. The number of hydrogen-bond acceptors (Lipinski definition) is 7. The summed E-state index contributed by atoms with van der Waals surface area (Å²) in [6, 6.07) is 17.9. The van der Waals surface area contributed by atoms with E-state index in [4.69, 9.17) is 10.00 Å². The molecule has 0 radical (unpaired) electrons. The molecule has 146 valence electrons. The van der Waals surface area contributed by atoms with E-state index in [0.29, 0.717) is 17.0 Å². The second kappa shape index (κ2) is 10.4. The number of carbonyl (C=O) groups excluding carboxylic acids is 2. The predicted octanol–water partition coefficient (Wildman–Crippen LogP) is 4.15. The van der Waals surface area contributed by atoms with Crippen molar-refractivity contribution in [2.24, 2.45) is 0 Å². The highest BCUT2D eigenvalue weighted by Crippen LogP contribution is 2.26. The van der Waals surface area contributed by atoms with Crippen molar-refractivity contribution in [2.45, 2.75) is 10.6 Å². The van der Waals surface area contributed by atoms with Gasteiger partial charge in [-0.05, 0) is 24.3 Å². The minimum atomic E-state index is -0.579. The molecule has 0 atom stereocenters. The summed E-state index contributed by atoms with van der Waals surface area (Å²) in [6.45, 7) is -0.568. The van der Waals surface area contributed by atoms with Gasteiger partial charge in [0.2, 0.25) is 0 Å². The van der Waals surface area contributed by atoms with E-state index in [9.17, 15) is 9.59 Å². The molecule has 3 rings (SSSR count). The highest BCUT2D eigenvalue weighted by atomic mass is 32.2. The molecule has 0 aliphatic carbocycles. The molecule has 2 aromatic carbocycles. The van der Waals surface area contributed by atoms with Crippen LogP contribution >= 0.6 is 23.1 Å². The van der Waals surface area contributed by atoms with Crippen LogP contribution in [-0.4, -0.2) is 30.0 Å². The summed E-state index contributed by atoms with van der Waals surface area (Å²) < 4.78 is 5.25. The molecular weight excluding hydrogens is 406 g/mol. The van der Waals surface area contributed by atoms with E-state index >= 15 is 0 Å². The first-order valence-corrected chi connectivity index (χ1v) is 10.6. The first-order chi connectivity index (χ1) is 14.2. The van der Waals surface area contributed by atoms with Gasteiger partial charge in [0.05, 0.1) is 22.8 Å². The van der Waals surface area contributed by atoms with Crippen molar-refractivity contribution in [1.29, 1.82) is 5.26 Å². The van der Waals surface area contributed by atoms with Crippen LogP contribution in [0.2, 0.25) is 0 Å². The number of benzene rings is 2. The molecule has 6 nitrogen and oxygen atoms in total. The number of aromatic nitrogens is 1. The fourth-order valence-electron chi connectivity index (χ4n) is 2.51. The summed E-state index contributed by atoms with van der Waals surface area (Å²) in [5.74, 6) is -0.403. The third kappa shape index (κ3) is 5.67. The Kier molecular flexibility index (Phi) is 7.39. The Labute approximate surface area is 176 Å². The highest BCUT2D eigenvalue weighted by molar-refractivity contribution is 7.98. The Bertz CT molecular complexity index is 1000. The summed E-state index contributed by atoms with van der Waals surface area (Å²) in [6.07, 6.45) is 0. The van der Waals surface area contributed by atoms with Gasteiger partial charge in [-0.25, -0.2) is 9.78 Å². The predicted molar refractivity (Wildman–Crippen MR) is 113 cm³/mol. The third-order valence-corrected chi connectivity index (χ3v) is 5.63. The number of ether oxygens (including phenoxy) is 1. The van der Waals surface area contributed by atoms with Crippen LogP contribution in [0.4, 0.5) is 5.69 Å². The van der Waals surface area contributed by atoms with Crippen molar-refractivity contribution in [3.63, 3.8) is 0 Å². The van der Waals surface area contributed by atoms with E-state index in [1.165, 1.54) is 28.0 Å². The molecule has 29 heavy (non-hydrogen) atoms. The van der Waals surface area contributed by atoms with Gasteiger partial charge in [-0.2, -0.15) is 5.26 Å². The number of rotatable bonds is 8. The van der Waals surface area contributed by atoms with Crippen molar-refractivity contribution in [1.82, 2.24) is 4.98 Å². The monoisotopic (exact) mass is 423 g/mol. The molecule has 0 fully saturated rings. The minimum Gasteiger partial charge on any atom is -0.452 e. The highest BCUT2D eigenvalue weighted by Gasteiger charge is 2.19. The molecule has 0 saturated heterocycles. The van der Waals surface area contributed by atoms with Crippen LogP contribution in [0, 0.1) is 11.3 Å². The van der Waals surface area contributed by atoms with E-state index < -0.39 is 18.5 Å². The summed E-state index contributed by atoms with van der Waals surface area (Å²) in [7, 11) is 0. The largest absolute Gasteiger partial charge is 0.452 e. The molecule has 0 spiro atoms. The van der Waals surface area contributed by atoms with Gasteiger partial charge >= 0.3 is 5.97 Å². The van der Waals surface area contributed by atoms with Gasteiger partial charge in [0.1, 0.15) is 6.54 Å². The molecular formula is C21H17N3O3S2. The van der Waals surface area contributed by atoms with Gasteiger partial charge < -0.3 is 4.74 Å². The van der Waals surface area contributed by atoms with E-state index in [1.54, 1.807) is 41.9 Å². The number of hydrogen-bond donors (Lipinski definition) is 0. The maximum Gasteiger partial charge on any atom is 0.339 e. The van der Waals surface area contributed by atoms with E-state index in [-0.39, 0.29) is 6.54 Å². The van der Waals surface area contributed by atoms with Crippen molar-refractivity contribution in [2.75, 3.05) is 18.1 Å². The number of carbonyl (C=O) groups is 2. The van der Waals surface area contributed by atoms with Crippen LogP contribution in [0.5, 0.6) is 0 Å². The van der Waals surface area contributed by atoms with Gasteiger partial charge in [0.25, 0.3) is 5.91 Å². The van der Waals surface area contributed by atoms with Gasteiger partial charge in [0.15, 0.2) is 6.61 Å². The Hall–Kier alpha value is -3.15. The van der Waals surface area contributed by atoms with Crippen LogP contribution in [0.25, 0.3) is 0 Å². The Balaban J connectivity index is 1.64. The van der Waals surface area contributed by atoms with Crippen LogP contribution in [0.15, 0.2) is 70.4 Å². The summed E-state index contributed by atoms with van der Waals surface area (Å²) in [5, 5.41) is 11.0. The van der Waals surface area contributed by atoms with Crippen molar-refractivity contribution in [3.05, 3.63) is 76.7 Å². The van der Waals surface area contributed by atoms with E-state index in [0.717, 1.165) is 10.6 Å². The van der Waals surface area contributed by atoms with Crippen LogP contribution in [0.3, 0.4) is 0 Å². The molecule has 1 aromatic heterocycles. The fraction of sp³-hybridized carbons (Fsp3) is 0.143. The Morgan fingerprint density at radius 2 is 1.90 bits per heavy atom. The molecule has 0 aliphatic rings. The molecule has 0 N–H and O–H groups in total. The zero-order chi connectivity index (χ0) is 20.5. The smallest absolute Gasteiger partial charge is 0.339 e. The first kappa shape index (κ1) is 20.6. The van der Waals surface area contributed by atoms with Crippen LogP contribution in [0.1, 0.15) is 16.1 Å². The maximum absolute atomic E-state index is 12.6. The molecule has 3 aromatic rings. The summed E-state index contributed by atoms with van der Waals surface area (Å²) in [5.41, 5.74) is 3.68. The molecule has 0 saturated carbocycles. The number of thioether (sulfide) groups is 1. The van der Waals surface area contributed by atoms with Crippen molar-refractivity contribution in [3.8, 4) is 6.07 Å². The number of anilines is 1. The number of thiazole rings is 1. The van der Waals surface area contributed by atoms with Gasteiger partial charge in [-0.15, -0.1) is 23.1 Å². The fourth-order valence-corrected chi connectivity index (χ4v) is 4.11. The van der Waals surface area contributed by atoms with Crippen molar-refractivity contribution >= 4 is 40.7 Å². The number of nitriles is 1. The molecule has 1 heterocycles. The zero-order valence-corrected chi connectivity index (χ0v) is 17.0. The summed E-state index contributed by atoms with van der Waals surface area (Å²) in [4.78, 5) is 31.4. The molecule has 8 heteroatoms. The Morgan fingerprint density at radius 1 is 1.14 bits per heavy atom. The number of esters is 1. The molecule has 0 bridgehead atoms. The SMILES string of the molecule is N#CCN(C(=O)COC(=O)c1ccccc1SCc1cscn1)c1ccccc1. The normalized spacial score (nSPS) is 10.2. The maximum atomic E-state index is 12.6. The lowest BCUT2D eigenvalue weighted by atomic mass is 10.2. The average Bonchev–Trinajstić information content (AvgIpc) is 3.28. The van der Waals surface area contributed by atoms with E-state index in [1.807, 2.05) is 29.6 Å². The second-order valence-corrected chi connectivity index (χ2v) is 7.55. The zero-order valence-electron chi connectivity index (χ0n) is 15.4. The van der Waals surface area contributed by atoms with Gasteiger partial charge in [-0.1, -0.05) is 30.3 Å². The first-order valence-electron chi connectivity index (χ1n) is 8.67. The number of amides is 1. The quantitative estimate of drug-likeness (QED) is 0.307. The lowest BCUT2D eigenvalue weighted by molar-refractivity contribution is -0.121. The molecule has 0 aliphatic heterocycles. The number of para-hydroxylation sites is 1. The second-order valence-electron chi connectivity index (χ2n) is 5.81. The van der Waals surface area contributed by atoms with Crippen LogP contribution < -0.4 is 4.90 Å². The standard InChI is InChI=1S/C21H17N3O3S2/c22-10-11-24(17-6-2-1-3-7-17)20(25)12-27-21(26)18-8-4-5-9-19(18)29-14-16-13-28-15-23-16/h1-9,13,15H,11-12,14H2. The molecule has 0 unspecified atom stereocenters. The topological polar surface area (TPSA) is 83.3 Å². The lowest BCUT2D eigenvalue weighted by Gasteiger charge is -2.19. The van der Waals surface area contributed by atoms with E-state index in [2.05, 4.69) is 4.98 Å². The van der Waals surface area contributed by atoms with Gasteiger partial charge in [-0.3, -0.25) is 9.69 Å². The minimum absolute atomic E-state index is 0.125. The molecule has 1 amide bonds. The number of nitrogens with zero attached hydrogens (tertiary/aromatic N) is 3. The average molecular weight is 424 g/mol. The lowest BCUT2D eigenvalue weighted by Crippen LogP contribution is -2.35. The van der Waals surface area contributed by atoms with Gasteiger partial charge in [0, 0.05) is 21.7 Å².